The molecule has 0 saturated heterocycles. The Morgan fingerprint density at radius 2 is 1.21 bits per heavy atom. The van der Waals surface area contributed by atoms with Crippen LogP contribution in [0.15, 0.2) is 60.7 Å². The maximum Gasteiger partial charge on any atom is 0.0319 e. The summed E-state index contributed by atoms with van der Waals surface area (Å²) in [7, 11) is 0. The lowest BCUT2D eigenvalue weighted by molar-refractivity contribution is 0.960. The number of rotatable bonds is 3. The summed E-state index contributed by atoms with van der Waals surface area (Å²) in [4.78, 5) is 0. The molecule has 0 aliphatic heterocycles. The van der Waals surface area contributed by atoms with E-state index in [0.717, 1.165) is 12.0 Å². The first-order valence-corrected chi connectivity index (χ1v) is 4.87. The molecule has 1 unspecified atom stereocenters. The molecule has 0 radical (unpaired) electrons. The lowest BCUT2D eigenvalue weighted by Gasteiger charge is -2.01. The molecule has 0 N–H and O–H groups in total. The second kappa shape index (κ2) is 4.61. The first-order valence-electron chi connectivity index (χ1n) is 5.45. The Morgan fingerprint density at radius 3 is 1.79 bits per heavy atom. The van der Waals surface area contributed by atoms with Crippen molar-refractivity contribution in [3.63, 3.8) is 0 Å². The van der Waals surface area contributed by atoms with Crippen molar-refractivity contribution in [1.82, 2.24) is 0 Å². The molecule has 1 atom stereocenters. The average molecular weight is 183 g/mol. The zero-order chi connectivity index (χ0) is 10.5. The molecule has 0 nitrogen and oxygen atoms in total. The van der Waals surface area contributed by atoms with Gasteiger partial charge in [0.05, 0.1) is 0 Å². The predicted octanol–water partition coefficient (Wildman–Crippen LogP) is 3.47. The summed E-state index contributed by atoms with van der Waals surface area (Å²) >= 11 is 0. The van der Waals surface area contributed by atoms with E-state index in [1.807, 2.05) is 48.5 Å². The van der Waals surface area contributed by atoms with Crippen LogP contribution in [-0.2, 0) is 12.8 Å². The summed E-state index contributed by atoms with van der Waals surface area (Å²) in [6.45, 7) is 0. The molecule has 2 rings (SSSR count). The first kappa shape index (κ1) is 7.81. The van der Waals surface area contributed by atoms with Gasteiger partial charge in [0.2, 0.25) is 0 Å². The smallest absolute Gasteiger partial charge is 0.0319 e. The predicted molar refractivity (Wildman–Crippen MR) is 60.3 cm³/mol. The van der Waals surface area contributed by atoms with Gasteiger partial charge in [0.25, 0.3) is 0 Å². The third-order valence-electron chi connectivity index (χ3n) is 2.22. The summed E-state index contributed by atoms with van der Waals surface area (Å²) in [5.74, 6) is 0. The quantitative estimate of drug-likeness (QED) is 0.683. The van der Waals surface area contributed by atoms with Crippen LogP contribution in [0.3, 0.4) is 0 Å². The highest BCUT2D eigenvalue weighted by Gasteiger charge is 1.93. The van der Waals surface area contributed by atoms with Gasteiger partial charge in [-0.3, -0.25) is 0 Å². The summed E-state index contributed by atoms with van der Waals surface area (Å²) in [6, 6.07) is 20.2. The Bertz CT molecular complexity index is 394. The molecule has 0 spiro atoms. The third kappa shape index (κ3) is 2.46. The highest BCUT2D eigenvalue weighted by Crippen LogP contribution is 2.06. The van der Waals surface area contributed by atoms with Crippen LogP contribution in [0.1, 0.15) is 12.5 Å². The van der Waals surface area contributed by atoms with E-state index < -0.39 is 0 Å². The van der Waals surface area contributed by atoms with E-state index >= 15 is 0 Å². The summed E-state index contributed by atoms with van der Waals surface area (Å²) in [5.41, 5.74) is 2.31. The standard InChI is InChI=1S/C14H14/c1-3-7-13(8-4-1)11-12-14-9-5-2-6-10-14/h1-10H,11-12H2/i11D. The monoisotopic (exact) mass is 183 g/mol. The van der Waals surface area contributed by atoms with Crippen LogP contribution in [-0.4, -0.2) is 0 Å². The Kier molecular flexibility index (Phi) is 2.57. The second-order valence-corrected chi connectivity index (χ2v) is 3.30. The van der Waals surface area contributed by atoms with E-state index in [2.05, 4.69) is 12.1 Å². The SMILES string of the molecule is [2H]C(Cc1ccccc1)c1ccccc1. The molecular formula is C14H14. The molecule has 0 aromatic heterocycles. The molecule has 0 aliphatic rings. The lowest BCUT2D eigenvalue weighted by atomic mass is 10.0. The highest BCUT2D eigenvalue weighted by molar-refractivity contribution is 5.19. The van der Waals surface area contributed by atoms with Crippen molar-refractivity contribution in [2.24, 2.45) is 0 Å². The van der Waals surface area contributed by atoms with Crippen LogP contribution in [0.25, 0.3) is 0 Å². The molecule has 0 bridgehead atoms. The van der Waals surface area contributed by atoms with Gasteiger partial charge in [0.15, 0.2) is 0 Å². The third-order valence-corrected chi connectivity index (χ3v) is 2.22. The molecule has 0 amide bonds. The van der Waals surface area contributed by atoms with Gasteiger partial charge in [-0.25, -0.2) is 0 Å². The number of hydrogen-bond acceptors (Lipinski definition) is 0. The largest absolute Gasteiger partial charge is 0.0622 e. The number of aryl methyl sites for hydroxylation is 2. The average Bonchev–Trinajstić information content (AvgIpc) is 2.31. The van der Waals surface area contributed by atoms with Crippen molar-refractivity contribution in [2.75, 3.05) is 0 Å². The van der Waals surface area contributed by atoms with Gasteiger partial charge in [-0.1, -0.05) is 60.7 Å². The lowest BCUT2D eigenvalue weighted by Crippen LogP contribution is -1.89. The maximum absolute atomic E-state index is 8.05. The first-order chi connectivity index (χ1) is 7.36. The van der Waals surface area contributed by atoms with Crippen LogP contribution >= 0.6 is 0 Å². The van der Waals surface area contributed by atoms with Crippen molar-refractivity contribution >= 4 is 0 Å². The van der Waals surface area contributed by atoms with Gasteiger partial charge in [0.1, 0.15) is 0 Å². The minimum atomic E-state index is -0.159. The van der Waals surface area contributed by atoms with Gasteiger partial charge >= 0.3 is 0 Å². The van der Waals surface area contributed by atoms with E-state index in [-0.39, 0.29) is 6.40 Å². The van der Waals surface area contributed by atoms with E-state index in [9.17, 15) is 0 Å². The van der Waals surface area contributed by atoms with Crippen molar-refractivity contribution < 1.29 is 1.37 Å². The Morgan fingerprint density at radius 1 is 0.714 bits per heavy atom. The fourth-order valence-electron chi connectivity index (χ4n) is 1.44. The molecule has 2 aromatic rings. The molecule has 0 fully saturated rings. The van der Waals surface area contributed by atoms with Gasteiger partial charge < -0.3 is 0 Å². The highest BCUT2D eigenvalue weighted by atomic mass is 14.0. The topological polar surface area (TPSA) is 0 Å². The molecule has 0 aliphatic carbocycles. The van der Waals surface area contributed by atoms with Crippen molar-refractivity contribution in [2.45, 2.75) is 12.8 Å². The molecule has 0 saturated carbocycles. The number of hydrogen-bond donors (Lipinski definition) is 0. The zero-order valence-electron chi connectivity index (χ0n) is 9.06. The summed E-state index contributed by atoms with van der Waals surface area (Å²) in [6.07, 6.45) is 0.624. The molecule has 2 aromatic carbocycles. The summed E-state index contributed by atoms with van der Waals surface area (Å²) in [5, 5.41) is 0. The van der Waals surface area contributed by atoms with E-state index in [1.165, 1.54) is 5.56 Å². The van der Waals surface area contributed by atoms with Crippen LogP contribution in [0.2, 0.25) is 0 Å². The van der Waals surface area contributed by atoms with Crippen molar-refractivity contribution in [1.29, 1.82) is 0 Å². The summed E-state index contributed by atoms with van der Waals surface area (Å²) < 4.78 is 8.05. The molecule has 0 heterocycles. The Hall–Kier alpha value is -1.56. The molecular weight excluding hydrogens is 168 g/mol. The van der Waals surface area contributed by atoms with Gasteiger partial charge in [-0.2, -0.15) is 0 Å². The van der Waals surface area contributed by atoms with Gasteiger partial charge in [-0.15, -0.1) is 0 Å². The Labute approximate surface area is 86.6 Å². The van der Waals surface area contributed by atoms with Crippen molar-refractivity contribution in [3.8, 4) is 0 Å². The van der Waals surface area contributed by atoms with Crippen LogP contribution in [0.5, 0.6) is 0 Å². The van der Waals surface area contributed by atoms with Gasteiger partial charge in [0, 0.05) is 1.37 Å². The van der Waals surface area contributed by atoms with Crippen molar-refractivity contribution in [3.05, 3.63) is 71.8 Å². The van der Waals surface area contributed by atoms with Crippen LogP contribution in [0.4, 0.5) is 0 Å². The molecule has 14 heavy (non-hydrogen) atoms. The zero-order valence-corrected chi connectivity index (χ0v) is 8.06. The fourth-order valence-corrected chi connectivity index (χ4v) is 1.44. The van der Waals surface area contributed by atoms with E-state index in [0.29, 0.717) is 0 Å². The minimum Gasteiger partial charge on any atom is -0.0622 e. The van der Waals surface area contributed by atoms with E-state index in [4.69, 9.17) is 1.37 Å². The minimum absolute atomic E-state index is 0.159. The number of benzene rings is 2. The van der Waals surface area contributed by atoms with Crippen LogP contribution in [0, 0.1) is 0 Å². The van der Waals surface area contributed by atoms with Crippen LogP contribution < -0.4 is 0 Å². The molecule has 70 valence electrons. The molecule has 0 heteroatoms. The maximum atomic E-state index is 8.05. The Balaban J connectivity index is 2.08. The normalized spacial score (nSPS) is 13.3. The second-order valence-electron chi connectivity index (χ2n) is 3.30. The fraction of sp³-hybridized carbons (Fsp3) is 0.143. The van der Waals surface area contributed by atoms with E-state index in [1.54, 1.807) is 0 Å². The van der Waals surface area contributed by atoms with Gasteiger partial charge in [-0.05, 0) is 23.9 Å².